The van der Waals surface area contributed by atoms with Crippen LogP contribution in [0.5, 0.6) is 0 Å². The molecule has 0 aliphatic heterocycles. The molecule has 1 unspecified atom stereocenters. The van der Waals surface area contributed by atoms with Crippen LogP contribution in [-0.2, 0) is 0 Å². The van der Waals surface area contributed by atoms with Crippen LogP contribution in [0.15, 0.2) is 29.2 Å². The Kier molecular flexibility index (Phi) is 3.50. The molecule has 1 aromatic heterocycles. The van der Waals surface area contributed by atoms with Crippen molar-refractivity contribution in [2.45, 2.75) is 19.9 Å². The average Bonchev–Trinajstić information content (AvgIpc) is 2.51. The second kappa shape index (κ2) is 4.43. The number of hydrogen-bond acceptors (Lipinski definition) is 2. The molecule has 1 N–H and O–H groups in total. The maximum Gasteiger partial charge on any atom is 0.0600 e. The zero-order valence-electron chi connectivity index (χ0n) is 7.79. The second-order valence-corrected chi connectivity index (χ2v) is 4.01. The number of nitrogens with one attached hydrogen (secondary N) is 1. The lowest BCUT2D eigenvalue weighted by Gasteiger charge is -2.09. The highest BCUT2D eigenvalue weighted by molar-refractivity contribution is 7.10. The molecule has 0 fully saturated rings. The molecule has 0 aliphatic carbocycles. The van der Waals surface area contributed by atoms with Crippen molar-refractivity contribution in [1.29, 1.82) is 0 Å². The minimum Gasteiger partial charge on any atom is -0.309 e. The van der Waals surface area contributed by atoms with Gasteiger partial charge in [-0.3, -0.25) is 0 Å². The molecule has 12 heavy (non-hydrogen) atoms. The molecule has 1 atom stereocenters. The highest BCUT2D eigenvalue weighted by Gasteiger charge is 2.05. The Morgan fingerprint density at radius 2 is 2.33 bits per heavy atom. The summed E-state index contributed by atoms with van der Waals surface area (Å²) in [7, 11) is 1.99. The molecule has 66 valence electrons. The van der Waals surface area contributed by atoms with Gasteiger partial charge >= 0.3 is 0 Å². The van der Waals surface area contributed by atoms with Gasteiger partial charge in [0.05, 0.1) is 6.04 Å². The first kappa shape index (κ1) is 9.49. The van der Waals surface area contributed by atoms with Crippen molar-refractivity contribution in [3.8, 4) is 0 Å². The van der Waals surface area contributed by atoms with Gasteiger partial charge in [-0.2, -0.15) is 0 Å². The predicted molar refractivity (Wildman–Crippen MR) is 55.6 cm³/mol. The SMILES string of the molecule is CNC(C=C(C)C)c1cccs1. The molecule has 0 aliphatic rings. The maximum atomic E-state index is 3.27. The molecule has 1 rings (SSSR count). The van der Waals surface area contributed by atoms with E-state index in [2.05, 4.69) is 42.8 Å². The van der Waals surface area contributed by atoms with Crippen molar-refractivity contribution in [1.82, 2.24) is 5.32 Å². The number of thiophene rings is 1. The van der Waals surface area contributed by atoms with Crippen LogP contribution in [-0.4, -0.2) is 7.05 Å². The van der Waals surface area contributed by atoms with Gasteiger partial charge in [0.15, 0.2) is 0 Å². The van der Waals surface area contributed by atoms with E-state index >= 15 is 0 Å². The van der Waals surface area contributed by atoms with E-state index < -0.39 is 0 Å². The molecule has 2 heteroatoms. The molecular formula is C10H15NS. The molecule has 0 radical (unpaired) electrons. The van der Waals surface area contributed by atoms with Gasteiger partial charge in [-0.15, -0.1) is 11.3 Å². The summed E-state index contributed by atoms with van der Waals surface area (Å²) in [5.41, 5.74) is 1.35. The van der Waals surface area contributed by atoms with Crippen LogP contribution in [0.4, 0.5) is 0 Å². The van der Waals surface area contributed by atoms with Crippen molar-refractivity contribution >= 4 is 11.3 Å². The smallest absolute Gasteiger partial charge is 0.0600 e. The summed E-state index contributed by atoms with van der Waals surface area (Å²) in [6.45, 7) is 4.25. The Labute approximate surface area is 78.1 Å². The van der Waals surface area contributed by atoms with Crippen molar-refractivity contribution in [2.75, 3.05) is 7.05 Å². The molecular weight excluding hydrogens is 166 g/mol. The molecule has 1 nitrogen and oxygen atoms in total. The fraction of sp³-hybridized carbons (Fsp3) is 0.400. The van der Waals surface area contributed by atoms with Crippen LogP contribution < -0.4 is 5.32 Å². The fourth-order valence-electron chi connectivity index (χ4n) is 1.11. The average molecular weight is 181 g/mol. The minimum absolute atomic E-state index is 0.384. The third kappa shape index (κ3) is 2.47. The Bertz CT molecular complexity index is 245. The van der Waals surface area contributed by atoms with E-state index in [9.17, 15) is 0 Å². The minimum atomic E-state index is 0.384. The van der Waals surface area contributed by atoms with Crippen LogP contribution in [0, 0.1) is 0 Å². The van der Waals surface area contributed by atoms with Crippen LogP contribution >= 0.6 is 11.3 Å². The Morgan fingerprint density at radius 3 is 2.75 bits per heavy atom. The molecule has 0 spiro atoms. The number of rotatable bonds is 3. The molecule has 0 aromatic carbocycles. The number of allylic oxidation sites excluding steroid dienone is 1. The van der Waals surface area contributed by atoms with E-state index in [1.54, 1.807) is 11.3 Å². The van der Waals surface area contributed by atoms with Gasteiger partial charge in [0.25, 0.3) is 0 Å². The predicted octanol–water partition coefficient (Wildman–Crippen LogP) is 2.97. The van der Waals surface area contributed by atoms with Gasteiger partial charge in [0.2, 0.25) is 0 Å². The molecule has 1 aromatic rings. The molecule has 0 bridgehead atoms. The van der Waals surface area contributed by atoms with E-state index in [1.165, 1.54) is 10.5 Å². The Balaban J connectivity index is 2.77. The summed E-state index contributed by atoms with van der Waals surface area (Å²) in [5.74, 6) is 0. The first-order valence-corrected chi connectivity index (χ1v) is 4.97. The van der Waals surface area contributed by atoms with E-state index in [4.69, 9.17) is 0 Å². The number of likely N-dealkylation sites (N-methyl/N-ethyl adjacent to an activating group) is 1. The van der Waals surface area contributed by atoms with Crippen LogP contribution in [0.2, 0.25) is 0 Å². The fourth-order valence-corrected chi connectivity index (χ4v) is 1.91. The van der Waals surface area contributed by atoms with Crippen LogP contribution in [0.25, 0.3) is 0 Å². The second-order valence-electron chi connectivity index (χ2n) is 3.03. The summed E-state index contributed by atoms with van der Waals surface area (Å²) >= 11 is 1.79. The summed E-state index contributed by atoms with van der Waals surface area (Å²) in [6.07, 6.45) is 2.24. The van der Waals surface area contributed by atoms with Gasteiger partial charge in [-0.05, 0) is 32.3 Å². The molecule has 0 amide bonds. The van der Waals surface area contributed by atoms with Gasteiger partial charge in [0, 0.05) is 4.88 Å². The van der Waals surface area contributed by atoms with Gasteiger partial charge in [0.1, 0.15) is 0 Å². The topological polar surface area (TPSA) is 12.0 Å². The first-order valence-electron chi connectivity index (χ1n) is 4.09. The molecule has 0 saturated heterocycles. The standard InChI is InChI=1S/C10H15NS/c1-8(2)7-9(11-3)10-5-4-6-12-10/h4-7,9,11H,1-3H3. The van der Waals surface area contributed by atoms with E-state index in [1.807, 2.05) is 7.05 Å². The van der Waals surface area contributed by atoms with E-state index in [0.717, 1.165) is 0 Å². The summed E-state index contributed by atoms with van der Waals surface area (Å²) in [4.78, 5) is 1.37. The lowest BCUT2D eigenvalue weighted by atomic mass is 10.2. The quantitative estimate of drug-likeness (QED) is 0.707. The van der Waals surface area contributed by atoms with Gasteiger partial charge < -0.3 is 5.32 Å². The van der Waals surface area contributed by atoms with E-state index in [0.29, 0.717) is 6.04 Å². The van der Waals surface area contributed by atoms with Gasteiger partial charge in [-0.25, -0.2) is 0 Å². The van der Waals surface area contributed by atoms with E-state index in [-0.39, 0.29) is 0 Å². The maximum absolute atomic E-state index is 3.27. The Hall–Kier alpha value is -0.600. The van der Waals surface area contributed by atoms with Crippen molar-refractivity contribution in [3.05, 3.63) is 34.0 Å². The van der Waals surface area contributed by atoms with Crippen molar-refractivity contribution in [3.63, 3.8) is 0 Å². The molecule has 0 saturated carbocycles. The summed E-state index contributed by atoms with van der Waals surface area (Å²) in [5, 5.41) is 5.38. The Morgan fingerprint density at radius 1 is 1.58 bits per heavy atom. The highest BCUT2D eigenvalue weighted by Crippen LogP contribution is 2.20. The van der Waals surface area contributed by atoms with Crippen LogP contribution in [0.3, 0.4) is 0 Å². The monoisotopic (exact) mass is 181 g/mol. The first-order chi connectivity index (χ1) is 5.74. The third-order valence-corrected chi connectivity index (χ3v) is 2.62. The highest BCUT2D eigenvalue weighted by atomic mass is 32.1. The largest absolute Gasteiger partial charge is 0.309 e. The lowest BCUT2D eigenvalue weighted by molar-refractivity contribution is 0.722. The van der Waals surface area contributed by atoms with Crippen LogP contribution in [0.1, 0.15) is 24.8 Å². The summed E-state index contributed by atoms with van der Waals surface area (Å²) < 4.78 is 0. The zero-order chi connectivity index (χ0) is 8.97. The molecule has 1 heterocycles. The van der Waals surface area contributed by atoms with Gasteiger partial charge in [-0.1, -0.05) is 17.7 Å². The zero-order valence-corrected chi connectivity index (χ0v) is 8.61. The normalized spacial score (nSPS) is 12.6. The summed E-state index contributed by atoms with van der Waals surface area (Å²) in [6, 6.07) is 4.63. The van der Waals surface area contributed by atoms with Crippen molar-refractivity contribution < 1.29 is 0 Å². The van der Waals surface area contributed by atoms with Crippen molar-refractivity contribution in [2.24, 2.45) is 0 Å². The number of hydrogen-bond donors (Lipinski definition) is 1. The third-order valence-electron chi connectivity index (χ3n) is 1.66. The lowest BCUT2D eigenvalue weighted by Crippen LogP contribution is -2.12.